The number of anilines is 1. The Balaban J connectivity index is 1.78. The summed E-state index contributed by atoms with van der Waals surface area (Å²) in [5.41, 5.74) is 5.03. The molecule has 5 heteroatoms. The average molecular weight is 337 g/mol. The van der Waals surface area contributed by atoms with Crippen LogP contribution in [-0.2, 0) is 11.2 Å². The van der Waals surface area contributed by atoms with Gasteiger partial charge >= 0.3 is 0 Å². The van der Waals surface area contributed by atoms with Gasteiger partial charge in [0.2, 0.25) is 5.91 Å². The van der Waals surface area contributed by atoms with Crippen LogP contribution < -0.4 is 5.32 Å². The van der Waals surface area contributed by atoms with E-state index in [1.165, 1.54) is 4.68 Å². The molecule has 1 aromatic heterocycles. The van der Waals surface area contributed by atoms with E-state index in [1.807, 2.05) is 20.8 Å². The summed E-state index contributed by atoms with van der Waals surface area (Å²) < 4.78 is 1.45. The van der Waals surface area contributed by atoms with Crippen molar-refractivity contribution in [2.75, 3.05) is 5.32 Å². The van der Waals surface area contributed by atoms with E-state index in [2.05, 4.69) is 17.0 Å². The highest BCUT2D eigenvalue weighted by atomic mass is 16.2. The molecule has 0 unspecified atom stereocenters. The van der Waals surface area contributed by atoms with Gasteiger partial charge in [0.25, 0.3) is 5.91 Å². The summed E-state index contributed by atoms with van der Waals surface area (Å²) in [5, 5.41) is 7.27. The van der Waals surface area contributed by atoms with Gasteiger partial charge in [0.15, 0.2) is 0 Å². The molecule has 1 aromatic carbocycles. The summed E-state index contributed by atoms with van der Waals surface area (Å²) in [4.78, 5) is 24.5. The molecule has 0 bridgehead atoms. The Bertz CT molecular complexity index is 843. The van der Waals surface area contributed by atoms with Crippen LogP contribution in [0.2, 0.25) is 0 Å². The number of amides is 1. The van der Waals surface area contributed by atoms with Gasteiger partial charge in [-0.1, -0.05) is 12.2 Å². The number of aryl methyl sites for hydroxylation is 1. The lowest BCUT2D eigenvalue weighted by Crippen LogP contribution is -2.16. The zero-order chi connectivity index (χ0) is 18.1. The average Bonchev–Trinajstić information content (AvgIpc) is 3.38. The van der Waals surface area contributed by atoms with Crippen LogP contribution in [0.4, 0.5) is 5.69 Å². The third-order valence-corrected chi connectivity index (χ3v) is 4.46. The first-order chi connectivity index (χ1) is 11.9. The number of hydrogen-bond donors (Lipinski definition) is 1. The molecule has 1 heterocycles. The Hall–Kier alpha value is -2.69. The van der Waals surface area contributed by atoms with Gasteiger partial charge in [-0.05, 0) is 64.3 Å². The molecule has 1 saturated carbocycles. The van der Waals surface area contributed by atoms with Gasteiger partial charge < -0.3 is 5.32 Å². The molecule has 0 aliphatic heterocycles. The van der Waals surface area contributed by atoms with Crippen molar-refractivity contribution in [1.29, 1.82) is 0 Å². The summed E-state index contributed by atoms with van der Waals surface area (Å²) in [6.45, 7) is 9.71. The van der Waals surface area contributed by atoms with Crippen molar-refractivity contribution in [3.8, 4) is 0 Å². The zero-order valence-corrected chi connectivity index (χ0v) is 14.9. The van der Waals surface area contributed by atoms with Gasteiger partial charge in [-0.2, -0.15) is 5.10 Å². The van der Waals surface area contributed by atoms with Crippen molar-refractivity contribution >= 4 is 17.5 Å². The molecule has 1 fully saturated rings. The molecular weight excluding hydrogens is 314 g/mol. The van der Waals surface area contributed by atoms with Gasteiger partial charge in [-0.15, -0.1) is 0 Å². The monoisotopic (exact) mass is 337 g/mol. The highest BCUT2D eigenvalue weighted by Gasteiger charge is 2.29. The molecule has 2 aromatic rings. The summed E-state index contributed by atoms with van der Waals surface area (Å²) in [7, 11) is 0. The van der Waals surface area contributed by atoms with Gasteiger partial charge in [0, 0.05) is 28.4 Å². The molecule has 0 atom stereocenters. The number of allylic oxidation sites excluding steroid dienone is 1. The minimum Gasteiger partial charge on any atom is -0.326 e. The third-order valence-electron chi connectivity index (χ3n) is 4.46. The van der Waals surface area contributed by atoms with Crippen LogP contribution in [0.1, 0.15) is 47.1 Å². The molecule has 0 saturated heterocycles. The Morgan fingerprint density at radius 2 is 1.88 bits per heavy atom. The topological polar surface area (TPSA) is 64.0 Å². The predicted molar refractivity (Wildman–Crippen MR) is 97.7 cm³/mol. The normalized spacial score (nSPS) is 13.6. The first kappa shape index (κ1) is 17.1. The van der Waals surface area contributed by atoms with Crippen molar-refractivity contribution in [1.82, 2.24) is 9.78 Å². The Labute approximate surface area is 147 Å². The van der Waals surface area contributed by atoms with Crippen molar-refractivity contribution in [3.63, 3.8) is 0 Å². The molecule has 1 amide bonds. The lowest BCUT2D eigenvalue weighted by Gasteiger charge is -2.07. The van der Waals surface area contributed by atoms with Crippen molar-refractivity contribution in [3.05, 3.63) is 58.9 Å². The second-order valence-corrected chi connectivity index (χ2v) is 6.84. The fourth-order valence-electron chi connectivity index (χ4n) is 2.84. The summed E-state index contributed by atoms with van der Waals surface area (Å²) in [5.74, 6) is 0.0402. The van der Waals surface area contributed by atoms with Crippen molar-refractivity contribution < 1.29 is 9.59 Å². The van der Waals surface area contributed by atoms with E-state index in [0.717, 1.165) is 41.8 Å². The minimum absolute atomic E-state index is 0.0575. The standard InChI is InChI=1S/C20H23N3O2/c1-12(2)11-18-13(3)22-23(14(18)4)20(25)16-7-9-17(10-8-16)21-19(24)15-5-6-15/h7-10,15H,1,5-6,11H2,2-4H3,(H,21,24). The lowest BCUT2D eigenvalue weighted by molar-refractivity contribution is -0.117. The van der Waals surface area contributed by atoms with E-state index >= 15 is 0 Å². The summed E-state index contributed by atoms with van der Waals surface area (Å²) in [6, 6.07) is 6.96. The zero-order valence-electron chi connectivity index (χ0n) is 14.9. The molecule has 0 spiro atoms. The van der Waals surface area contributed by atoms with Gasteiger partial charge in [-0.25, -0.2) is 4.68 Å². The van der Waals surface area contributed by atoms with E-state index in [4.69, 9.17) is 0 Å². The minimum atomic E-state index is -0.173. The molecule has 25 heavy (non-hydrogen) atoms. The lowest BCUT2D eigenvalue weighted by atomic mass is 10.1. The van der Waals surface area contributed by atoms with Crippen LogP contribution >= 0.6 is 0 Å². The van der Waals surface area contributed by atoms with Crippen LogP contribution in [0.3, 0.4) is 0 Å². The molecule has 1 aliphatic carbocycles. The SMILES string of the molecule is C=C(C)Cc1c(C)nn(C(=O)c2ccc(NC(=O)C3CC3)cc2)c1C. The smallest absolute Gasteiger partial charge is 0.278 e. The highest BCUT2D eigenvalue weighted by Crippen LogP contribution is 2.30. The number of aromatic nitrogens is 2. The number of rotatable bonds is 5. The number of hydrogen-bond acceptors (Lipinski definition) is 3. The van der Waals surface area contributed by atoms with Gasteiger partial charge in [-0.3, -0.25) is 9.59 Å². The molecule has 1 aliphatic rings. The maximum atomic E-state index is 12.8. The molecule has 130 valence electrons. The van der Waals surface area contributed by atoms with E-state index in [0.29, 0.717) is 11.3 Å². The van der Waals surface area contributed by atoms with Crippen molar-refractivity contribution in [2.24, 2.45) is 5.92 Å². The number of nitrogens with one attached hydrogen (secondary N) is 1. The first-order valence-corrected chi connectivity index (χ1v) is 8.52. The molecule has 3 rings (SSSR count). The Kier molecular flexibility index (Phi) is 4.57. The highest BCUT2D eigenvalue weighted by molar-refractivity contribution is 5.97. The Morgan fingerprint density at radius 3 is 2.44 bits per heavy atom. The fraction of sp³-hybridized carbons (Fsp3) is 0.350. The molecular formula is C20H23N3O2. The van der Waals surface area contributed by atoms with Crippen LogP contribution in [0.25, 0.3) is 0 Å². The van der Waals surface area contributed by atoms with E-state index in [1.54, 1.807) is 24.3 Å². The van der Waals surface area contributed by atoms with Crippen LogP contribution in [0, 0.1) is 19.8 Å². The second kappa shape index (κ2) is 6.67. The van der Waals surface area contributed by atoms with Gasteiger partial charge in [0.05, 0.1) is 5.69 Å². The third kappa shape index (κ3) is 3.71. The molecule has 0 radical (unpaired) electrons. The number of benzene rings is 1. The van der Waals surface area contributed by atoms with Crippen molar-refractivity contribution in [2.45, 2.75) is 40.0 Å². The summed E-state index contributed by atoms with van der Waals surface area (Å²) in [6.07, 6.45) is 2.65. The number of carbonyl (C=O) groups is 2. The van der Waals surface area contributed by atoms with Gasteiger partial charge in [0.1, 0.15) is 0 Å². The quantitative estimate of drug-likeness (QED) is 0.847. The van der Waals surface area contributed by atoms with Crippen LogP contribution in [0.5, 0.6) is 0 Å². The predicted octanol–water partition coefficient (Wildman–Crippen LogP) is 3.66. The summed E-state index contributed by atoms with van der Waals surface area (Å²) >= 11 is 0. The van der Waals surface area contributed by atoms with Crippen LogP contribution in [0.15, 0.2) is 36.4 Å². The van der Waals surface area contributed by atoms with E-state index < -0.39 is 0 Å². The largest absolute Gasteiger partial charge is 0.326 e. The maximum Gasteiger partial charge on any atom is 0.278 e. The second-order valence-electron chi connectivity index (χ2n) is 6.84. The fourth-order valence-corrected chi connectivity index (χ4v) is 2.84. The maximum absolute atomic E-state index is 12.8. The number of carbonyl (C=O) groups excluding carboxylic acids is 2. The first-order valence-electron chi connectivity index (χ1n) is 8.52. The molecule has 1 N–H and O–H groups in total. The van der Waals surface area contributed by atoms with Crippen LogP contribution in [-0.4, -0.2) is 21.6 Å². The number of nitrogens with zero attached hydrogens (tertiary/aromatic N) is 2. The Morgan fingerprint density at radius 1 is 1.24 bits per heavy atom. The molecule has 5 nitrogen and oxygen atoms in total. The van der Waals surface area contributed by atoms with E-state index in [9.17, 15) is 9.59 Å². The van der Waals surface area contributed by atoms with E-state index in [-0.39, 0.29) is 17.7 Å².